The van der Waals surface area contributed by atoms with Crippen molar-refractivity contribution in [2.75, 3.05) is 0 Å². The quantitative estimate of drug-likeness (QED) is 0.900. The van der Waals surface area contributed by atoms with Gasteiger partial charge in [-0.1, -0.05) is 20.8 Å². The first kappa shape index (κ1) is 12.7. The molecule has 1 rings (SSSR count). The molecular formula is C11H16BrNOS. The van der Waals surface area contributed by atoms with Crippen LogP contribution >= 0.6 is 27.3 Å². The lowest BCUT2D eigenvalue weighted by Gasteiger charge is -2.20. The normalized spacial score (nSPS) is 12.9. The summed E-state index contributed by atoms with van der Waals surface area (Å²) in [5.74, 6) is 0.495. The third-order valence-corrected chi connectivity index (χ3v) is 4.22. The van der Waals surface area contributed by atoms with E-state index in [1.54, 1.807) is 0 Å². The summed E-state index contributed by atoms with van der Waals surface area (Å²) >= 11 is 4.83. The van der Waals surface area contributed by atoms with Crippen molar-refractivity contribution in [3.63, 3.8) is 0 Å². The second kappa shape index (κ2) is 5.66. The Morgan fingerprint density at radius 3 is 2.67 bits per heavy atom. The molecule has 0 aromatic carbocycles. The van der Waals surface area contributed by atoms with Crippen LogP contribution in [-0.4, -0.2) is 11.9 Å². The number of nitrogens with one attached hydrogen (secondary N) is 1. The maximum Gasteiger partial charge on any atom is 0.262 e. The monoisotopic (exact) mass is 289 g/mol. The van der Waals surface area contributed by atoms with E-state index >= 15 is 0 Å². The summed E-state index contributed by atoms with van der Waals surface area (Å²) in [6, 6.07) is 2.15. The average Bonchev–Trinajstić information content (AvgIpc) is 2.60. The van der Waals surface area contributed by atoms with Gasteiger partial charge in [-0.3, -0.25) is 4.79 Å². The Morgan fingerprint density at radius 1 is 1.60 bits per heavy atom. The summed E-state index contributed by atoms with van der Waals surface area (Å²) in [5.41, 5.74) is 0. The first-order chi connectivity index (χ1) is 7.06. The lowest BCUT2D eigenvalue weighted by molar-refractivity contribution is 0.0928. The minimum atomic E-state index is 0.0254. The van der Waals surface area contributed by atoms with Crippen LogP contribution in [0.1, 0.15) is 36.9 Å². The van der Waals surface area contributed by atoms with Gasteiger partial charge in [-0.25, -0.2) is 0 Å². The van der Waals surface area contributed by atoms with Crippen LogP contribution in [-0.2, 0) is 0 Å². The molecule has 1 unspecified atom stereocenters. The molecule has 0 aliphatic carbocycles. The Morgan fingerprint density at radius 2 is 2.27 bits per heavy atom. The van der Waals surface area contributed by atoms with Crippen LogP contribution in [0.15, 0.2) is 15.9 Å². The number of halogens is 1. The van der Waals surface area contributed by atoms with E-state index in [0.29, 0.717) is 5.92 Å². The summed E-state index contributed by atoms with van der Waals surface area (Å²) in [7, 11) is 0. The van der Waals surface area contributed by atoms with Crippen molar-refractivity contribution in [3.8, 4) is 0 Å². The second-order valence-corrected chi connectivity index (χ2v) is 5.60. The van der Waals surface area contributed by atoms with Gasteiger partial charge in [0.1, 0.15) is 4.88 Å². The molecule has 1 aromatic rings. The van der Waals surface area contributed by atoms with Gasteiger partial charge in [0.2, 0.25) is 0 Å². The molecule has 0 radical (unpaired) electrons. The predicted molar refractivity (Wildman–Crippen MR) is 68.4 cm³/mol. The van der Waals surface area contributed by atoms with E-state index in [1.807, 2.05) is 11.4 Å². The summed E-state index contributed by atoms with van der Waals surface area (Å²) in [4.78, 5) is 12.6. The molecule has 0 aliphatic heterocycles. The van der Waals surface area contributed by atoms with Gasteiger partial charge in [0.25, 0.3) is 5.91 Å². The van der Waals surface area contributed by atoms with Crippen molar-refractivity contribution in [2.45, 2.75) is 33.2 Å². The molecule has 0 spiro atoms. The number of carbonyl (C=O) groups is 1. The van der Waals surface area contributed by atoms with Gasteiger partial charge in [-0.15, -0.1) is 11.3 Å². The summed E-state index contributed by atoms with van der Waals surface area (Å²) in [5, 5.41) is 4.96. The Hall–Kier alpha value is -0.350. The van der Waals surface area contributed by atoms with Crippen molar-refractivity contribution in [1.29, 1.82) is 0 Å². The molecule has 0 saturated heterocycles. The topological polar surface area (TPSA) is 29.1 Å². The number of hydrogen-bond donors (Lipinski definition) is 1. The van der Waals surface area contributed by atoms with Gasteiger partial charge in [-0.05, 0) is 39.7 Å². The van der Waals surface area contributed by atoms with E-state index in [2.05, 4.69) is 42.0 Å². The highest BCUT2D eigenvalue weighted by atomic mass is 79.9. The standard InChI is InChI=1S/C11H16BrNOS/c1-4-9(7(2)3)13-11(14)10-8(12)5-6-15-10/h5-7,9H,4H2,1-3H3,(H,13,14). The van der Waals surface area contributed by atoms with Crippen LogP contribution in [0.5, 0.6) is 0 Å². The lowest BCUT2D eigenvalue weighted by atomic mass is 10.0. The van der Waals surface area contributed by atoms with Gasteiger partial charge in [0.15, 0.2) is 0 Å². The molecule has 1 heterocycles. The third kappa shape index (κ3) is 3.31. The SMILES string of the molecule is CCC(NC(=O)c1sccc1Br)C(C)C. The first-order valence-corrected chi connectivity index (χ1v) is 6.77. The maximum absolute atomic E-state index is 11.9. The fourth-order valence-electron chi connectivity index (χ4n) is 1.43. The Kier molecular flexibility index (Phi) is 4.80. The van der Waals surface area contributed by atoms with Gasteiger partial charge in [0, 0.05) is 10.5 Å². The Balaban J connectivity index is 2.67. The van der Waals surface area contributed by atoms with Crippen LogP contribution in [0.3, 0.4) is 0 Å². The average molecular weight is 290 g/mol. The molecule has 0 fully saturated rings. The van der Waals surface area contributed by atoms with Crippen LogP contribution in [0.25, 0.3) is 0 Å². The largest absolute Gasteiger partial charge is 0.348 e. The van der Waals surface area contributed by atoms with E-state index in [-0.39, 0.29) is 11.9 Å². The molecule has 0 bridgehead atoms. The number of rotatable bonds is 4. The van der Waals surface area contributed by atoms with Crippen molar-refractivity contribution in [3.05, 3.63) is 20.8 Å². The fourth-order valence-corrected chi connectivity index (χ4v) is 2.88. The van der Waals surface area contributed by atoms with Crippen LogP contribution in [0, 0.1) is 5.92 Å². The molecule has 1 N–H and O–H groups in total. The number of amides is 1. The van der Waals surface area contributed by atoms with Crippen molar-refractivity contribution in [1.82, 2.24) is 5.32 Å². The van der Waals surface area contributed by atoms with E-state index in [9.17, 15) is 4.79 Å². The van der Waals surface area contributed by atoms with Crippen LogP contribution in [0.4, 0.5) is 0 Å². The van der Waals surface area contributed by atoms with Crippen molar-refractivity contribution < 1.29 is 4.79 Å². The predicted octanol–water partition coefficient (Wildman–Crippen LogP) is 3.68. The Labute approximate surface area is 103 Å². The summed E-state index contributed by atoms with van der Waals surface area (Å²) in [6.45, 7) is 6.34. The molecule has 0 saturated carbocycles. The number of hydrogen-bond acceptors (Lipinski definition) is 2. The van der Waals surface area contributed by atoms with Gasteiger partial charge in [-0.2, -0.15) is 0 Å². The highest BCUT2D eigenvalue weighted by Gasteiger charge is 2.17. The molecule has 4 heteroatoms. The number of thiophene rings is 1. The van der Waals surface area contributed by atoms with E-state index in [0.717, 1.165) is 15.8 Å². The van der Waals surface area contributed by atoms with E-state index < -0.39 is 0 Å². The lowest BCUT2D eigenvalue weighted by Crippen LogP contribution is -2.37. The highest BCUT2D eigenvalue weighted by molar-refractivity contribution is 9.10. The number of carbonyl (C=O) groups excluding carboxylic acids is 1. The van der Waals surface area contributed by atoms with Gasteiger partial charge < -0.3 is 5.32 Å². The molecule has 2 nitrogen and oxygen atoms in total. The zero-order valence-corrected chi connectivity index (χ0v) is 11.6. The highest BCUT2D eigenvalue weighted by Crippen LogP contribution is 2.22. The minimum Gasteiger partial charge on any atom is -0.348 e. The zero-order chi connectivity index (χ0) is 11.4. The Bertz CT molecular complexity index is 335. The van der Waals surface area contributed by atoms with E-state index in [4.69, 9.17) is 0 Å². The second-order valence-electron chi connectivity index (χ2n) is 3.83. The smallest absolute Gasteiger partial charge is 0.262 e. The fraction of sp³-hybridized carbons (Fsp3) is 0.545. The van der Waals surface area contributed by atoms with E-state index in [1.165, 1.54) is 11.3 Å². The van der Waals surface area contributed by atoms with Gasteiger partial charge >= 0.3 is 0 Å². The first-order valence-electron chi connectivity index (χ1n) is 5.10. The maximum atomic E-state index is 11.9. The summed E-state index contributed by atoms with van der Waals surface area (Å²) < 4.78 is 0.878. The summed E-state index contributed by atoms with van der Waals surface area (Å²) in [6.07, 6.45) is 0.965. The molecular weight excluding hydrogens is 274 g/mol. The molecule has 15 heavy (non-hydrogen) atoms. The molecule has 84 valence electrons. The minimum absolute atomic E-state index is 0.0254. The van der Waals surface area contributed by atoms with Crippen molar-refractivity contribution in [2.24, 2.45) is 5.92 Å². The van der Waals surface area contributed by atoms with Crippen LogP contribution < -0.4 is 5.32 Å². The zero-order valence-electron chi connectivity index (χ0n) is 9.21. The molecule has 1 aromatic heterocycles. The van der Waals surface area contributed by atoms with Gasteiger partial charge in [0.05, 0.1) is 0 Å². The third-order valence-electron chi connectivity index (χ3n) is 2.38. The van der Waals surface area contributed by atoms with Crippen LogP contribution in [0.2, 0.25) is 0 Å². The molecule has 0 aliphatic rings. The molecule has 1 atom stereocenters. The van der Waals surface area contributed by atoms with Crippen molar-refractivity contribution >= 4 is 33.2 Å². The molecule has 1 amide bonds.